The van der Waals surface area contributed by atoms with Crippen LogP contribution >= 0.6 is 28.3 Å². The summed E-state index contributed by atoms with van der Waals surface area (Å²) < 4.78 is 6.84. The Kier molecular flexibility index (Phi) is 7.29. The highest BCUT2D eigenvalue weighted by Crippen LogP contribution is 2.27. The maximum atomic E-state index is 12.6. The van der Waals surface area contributed by atoms with Crippen LogP contribution in [0.3, 0.4) is 0 Å². The first-order valence-electron chi connectivity index (χ1n) is 8.21. The quantitative estimate of drug-likeness (QED) is 0.748. The van der Waals surface area contributed by atoms with Crippen LogP contribution in [0.15, 0.2) is 53.0 Å². The van der Waals surface area contributed by atoms with Crippen LogP contribution in [0.1, 0.15) is 36.0 Å². The summed E-state index contributed by atoms with van der Waals surface area (Å²) in [5.41, 5.74) is 6.47. The van der Waals surface area contributed by atoms with Gasteiger partial charge in [0.15, 0.2) is 0 Å². The summed E-state index contributed by atoms with van der Waals surface area (Å²) in [7, 11) is 0. The molecule has 3 N–H and O–H groups in total. The van der Waals surface area contributed by atoms with Crippen molar-refractivity contribution in [1.82, 2.24) is 5.32 Å². The molecule has 1 aliphatic carbocycles. The molecule has 1 amide bonds. The van der Waals surface area contributed by atoms with Gasteiger partial charge in [-0.3, -0.25) is 4.79 Å². The molecule has 134 valence electrons. The van der Waals surface area contributed by atoms with Crippen molar-refractivity contribution in [3.8, 4) is 11.5 Å². The molecule has 1 fully saturated rings. The molecule has 0 saturated heterocycles. The van der Waals surface area contributed by atoms with Crippen molar-refractivity contribution in [3.63, 3.8) is 0 Å². The van der Waals surface area contributed by atoms with Crippen LogP contribution in [-0.2, 0) is 0 Å². The van der Waals surface area contributed by atoms with Crippen molar-refractivity contribution in [2.24, 2.45) is 5.73 Å². The van der Waals surface area contributed by atoms with E-state index >= 15 is 0 Å². The standard InChI is InChI=1S/C19H21BrN2O2.ClH/c20-13-4-3-5-16(12-13)24-18-7-2-1-6-17(18)19(23)22-15-10-8-14(21)9-11-15;/h1-7,12,14-15H,8-11,21H2,(H,22,23);1H. The van der Waals surface area contributed by atoms with E-state index in [0.29, 0.717) is 17.1 Å². The summed E-state index contributed by atoms with van der Waals surface area (Å²) in [6, 6.07) is 15.3. The van der Waals surface area contributed by atoms with E-state index in [9.17, 15) is 4.79 Å². The predicted octanol–water partition coefficient (Wildman–Crippen LogP) is 4.66. The first-order valence-corrected chi connectivity index (χ1v) is 9.00. The summed E-state index contributed by atoms with van der Waals surface area (Å²) in [5.74, 6) is 1.15. The van der Waals surface area contributed by atoms with Crippen LogP contribution in [0.5, 0.6) is 11.5 Å². The molecule has 0 atom stereocenters. The van der Waals surface area contributed by atoms with E-state index in [1.54, 1.807) is 6.07 Å². The number of amides is 1. The van der Waals surface area contributed by atoms with E-state index in [1.165, 1.54) is 0 Å². The van der Waals surface area contributed by atoms with Crippen molar-refractivity contribution in [2.75, 3.05) is 0 Å². The van der Waals surface area contributed by atoms with Gasteiger partial charge in [0.1, 0.15) is 11.5 Å². The van der Waals surface area contributed by atoms with E-state index in [4.69, 9.17) is 10.5 Å². The fourth-order valence-electron chi connectivity index (χ4n) is 2.93. The first-order chi connectivity index (χ1) is 11.6. The zero-order valence-electron chi connectivity index (χ0n) is 13.8. The van der Waals surface area contributed by atoms with Crippen LogP contribution in [0.25, 0.3) is 0 Å². The number of nitrogens with two attached hydrogens (primary N) is 1. The van der Waals surface area contributed by atoms with Crippen molar-refractivity contribution in [3.05, 3.63) is 58.6 Å². The normalized spacial score (nSPS) is 19.6. The highest BCUT2D eigenvalue weighted by molar-refractivity contribution is 9.10. The second kappa shape index (κ2) is 9.22. The molecule has 1 aliphatic rings. The monoisotopic (exact) mass is 424 g/mol. The molecular formula is C19H22BrClN2O2. The third-order valence-corrected chi connectivity index (χ3v) is 4.76. The van der Waals surface area contributed by atoms with Gasteiger partial charge in [-0.1, -0.05) is 34.1 Å². The number of para-hydroxylation sites is 1. The number of carbonyl (C=O) groups excluding carboxylic acids is 1. The van der Waals surface area contributed by atoms with Crippen LogP contribution in [0.4, 0.5) is 0 Å². The van der Waals surface area contributed by atoms with Crippen LogP contribution < -0.4 is 15.8 Å². The maximum Gasteiger partial charge on any atom is 0.255 e. The average Bonchev–Trinajstić information content (AvgIpc) is 2.57. The molecule has 2 aromatic carbocycles. The Morgan fingerprint density at radius 1 is 1.08 bits per heavy atom. The predicted molar refractivity (Wildman–Crippen MR) is 106 cm³/mol. The number of ether oxygens (including phenoxy) is 1. The molecule has 0 spiro atoms. The Labute approximate surface area is 162 Å². The fraction of sp³-hybridized carbons (Fsp3) is 0.316. The first kappa shape index (κ1) is 19.8. The van der Waals surface area contributed by atoms with Crippen LogP contribution in [0, 0.1) is 0 Å². The maximum absolute atomic E-state index is 12.6. The van der Waals surface area contributed by atoms with Gasteiger partial charge in [0.2, 0.25) is 0 Å². The average molecular weight is 426 g/mol. The smallest absolute Gasteiger partial charge is 0.255 e. The highest BCUT2D eigenvalue weighted by Gasteiger charge is 2.22. The molecule has 2 aromatic rings. The number of nitrogens with one attached hydrogen (secondary N) is 1. The molecule has 0 unspecified atom stereocenters. The Morgan fingerprint density at radius 2 is 1.80 bits per heavy atom. The molecule has 25 heavy (non-hydrogen) atoms. The van der Waals surface area contributed by atoms with E-state index in [-0.39, 0.29) is 30.4 Å². The molecule has 4 nitrogen and oxygen atoms in total. The van der Waals surface area contributed by atoms with E-state index in [2.05, 4.69) is 21.2 Å². The van der Waals surface area contributed by atoms with Gasteiger partial charge in [0.25, 0.3) is 5.91 Å². The minimum absolute atomic E-state index is 0. The third-order valence-electron chi connectivity index (χ3n) is 4.26. The summed E-state index contributed by atoms with van der Waals surface area (Å²) in [4.78, 5) is 12.6. The molecule has 0 heterocycles. The largest absolute Gasteiger partial charge is 0.456 e. The molecule has 1 saturated carbocycles. The van der Waals surface area contributed by atoms with Crippen LogP contribution in [-0.4, -0.2) is 18.0 Å². The van der Waals surface area contributed by atoms with Gasteiger partial charge in [-0.25, -0.2) is 0 Å². The lowest BCUT2D eigenvalue weighted by Crippen LogP contribution is -2.40. The van der Waals surface area contributed by atoms with Gasteiger partial charge in [-0.05, 0) is 56.0 Å². The van der Waals surface area contributed by atoms with Gasteiger partial charge in [0.05, 0.1) is 5.56 Å². The minimum Gasteiger partial charge on any atom is -0.456 e. The van der Waals surface area contributed by atoms with E-state index < -0.39 is 0 Å². The van der Waals surface area contributed by atoms with Crippen molar-refractivity contribution in [1.29, 1.82) is 0 Å². The van der Waals surface area contributed by atoms with Gasteiger partial charge >= 0.3 is 0 Å². The number of hydrogen-bond acceptors (Lipinski definition) is 3. The third kappa shape index (κ3) is 5.46. The fourth-order valence-corrected chi connectivity index (χ4v) is 3.31. The number of benzene rings is 2. The highest BCUT2D eigenvalue weighted by atomic mass is 79.9. The Balaban J connectivity index is 0.00000225. The van der Waals surface area contributed by atoms with Crippen molar-refractivity contribution < 1.29 is 9.53 Å². The molecule has 0 bridgehead atoms. The lowest BCUT2D eigenvalue weighted by molar-refractivity contribution is 0.0923. The number of rotatable bonds is 4. The summed E-state index contributed by atoms with van der Waals surface area (Å²) in [6.07, 6.45) is 3.78. The summed E-state index contributed by atoms with van der Waals surface area (Å²) in [6.45, 7) is 0. The summed E-state index contributed by atoms with van der Waals surface area (Å²) >= 11 is 3.42. The zero-order valence-corrected chi connectivity index (χ0v) is 16.2. The molecule has 0 aliphatic heterocycles. The Hall–Kier alpha value is -1.56. The number of carbonyl (C=O) groups is 1. The summed E-state index contributed by atoms with van der Waals surface area (Å²) in [5, 5.41) is 3.11. The topological polar surface area (TPSA) is 64.3 Å². The number of halogens is 2. The zero-order chi connectivity index (χ0) is 16.9. The van der Waals surface area contributed by atoms with Crippen LogP contribution in [0.2, 0.25) is 0 Å². The van der Waals surface area contributed by atoms with Gasteiger partial charge in [0, 0.05) is 16.6 Å². The van der Waals surface area contributed by atoms with E-state index in [0.717, 1.165) is 30.2 Å². The second-order valence-corrected chi connectivity index (χ2v) is 7.06. The van der Waals surface area contributed by atoms with Gasteiger partial charge < -0.3 is 15.8 Å². The van der Waals surface area contributed by atoms with Crippen molar-refractivity contribution in [2.45, 2.75) is 37.8 Å². The molecule has 0 radical (unpaired) electrons. The van der Waals surface area contributed by atoms with E-state index in [1.807, 2.05) is 42.5 Å². The molecule has 0 aromatic heterocycles. The molecular weight excluding hydrogens is 404 g/mol. The Morgan fingerprint density at radius 3 is 2.52 bits per heavy atom. The van der Waals surface area contributed by atoms with Crippen molar-refractivity contribution >= 4 is 34.2 Å². The SMILES string of the molecule is Cl.NC1CCC(NC(=O)c2ccccc2Oc2cccc(Br)c2)CC1. The lowest BCUT2D eigenvalue weighted by atomic mass is 9.91. The minimum atomic E-state index is -0.0962. The Bertz CT molecular complexity index is 718. The van der Waals surface area contributed by atoms with Gasteiger partial charge in [-0.15, -0.1) is 12.4 Å². The molecule has 3 rings (SSSR count). The lowest BCUT2D eigenvalue weighted by Gasteiger charge is -2.27. The molecule has 6 heteroatoms. The second-order valence-electron chi connectivity index (χ2n) is 6.14. The number of hydrogen-bond donors (Lipinski definition) is 2. The van der Waals surface area contributed by atoms with Gasteiger partial charge in [-0.2, -0.15) is 0 Å².